The van der Waals surface area contributed by atoms with Crippen molar-refractivity contribution < 1.29 is 9.53 Å². The first kappa shape index (κ1) is 8.24. The smallest absolute Gasteiger partial charge is 0.314 e. The van der Waals surface area contributed by atoms with Gasteiger partial charge in [0.25, 0.3) is 0 Å². The maximum atomic E-state index is 10.4. The molecule has 0 bridgehead atoms. The summed E-state index contributed by atoms with van der Waals surface area (Å²) < 4.78 is 4.36. The number of rotatable bonds is 3. The van der Waals surface area contributed by atoms with Crippen LogP contribution in [-0.2, 0) is 9.53 Å². The molecule has 9 heavy (non-hydrogen) atoms. The zero-order valence-electron chi connectivity index (χ0n) is 4.84. The number of hydrogen-bond acceptors (Lipinski definition) is 2. The van der Waals surface area contributed by atoms with Crippen LogP contribution in [0.3, 0.4) is 0 Å². The largest absolute Gasteiger partial charge is 0.435 e. The number of hydrogen-bond donors (Lipinski definition) is 0. The van der Waals surface area contributed by atoms with Gasteiger partial charge in [-0.15, -0.1) is 0 Å². The van der Waals surface area contributed by atoms with Gasteiger partial charge in [-0.1, -0.05) is 24.3 Å². The molecule has 0 aliphatic rings. The molecule has 0 saturated carbocycles. The number of esters is 1. The molecule has 0 heterocycles. The molecule has 0 aliphatic heterocycles. The first-order valence-electron chi connectivity index (χ1n) is 2.37. The highest BCUT2D eigenvalue weighted by atomic mass is 35.5. The van der Waals surface area contributed by atoms with Crippen LogP contribution >= 0.6 is 11.6 Å². The lowest BCUT2D eigenvalue weighted by atomic mass is 10.4. The lowest BCUT2D eigenvalue weighted by Crippen LogP contribution is -1.95. The number of carbonyl (C=O) groups excluding carboxylic acids is 1. The van der Waals surface area contributed by atoms with E-state index in [9.17, 15) is 4.79 Å². The van der Waals surface area contributed by atoms with Crippen molar-refractivity contribution in [3.63, 3.8) is 0 Å². The second-order valence-corrected chi connectivity index (χ2v) is 1.47. The molecule has 0 N–H and O–H groups in total. The van der Waals surface area contributed by atoms with E-state index in [2.05, 4.69) is 11.3 Å². The minimum absolute atomic E-state index is 0.190. The fourth-order valence-electron chi connectivity index (χ4n) is 0.282. The molecule has 0 aliphatic carbocycles. The molecule has 3 heteroatoms. The molecule has 0 aromatic carbocycles. The van der Waals surface area contributed by atoms with Crippen LogP contribution in [0, 0.1) is 0 Å². The average Bonchev–Trinajstić information content (AvgIpc) is 1.85. The molecule has 0 radical (unpaired) electrons. The Morgan fingerprint density at radius 1 is 1.78 bits per heavy atom. The van der Waals surface area contributed by atoms with Crippen LogP contribution in [0.2, 0.25) is 0 Å². The van der Waals surface area contributed by atoms with Gasteiger partial charge in [0.05, 0.1) is 12.7 Å². The Hall–Kier alpha value is -0.760. The van der Waals surface area contributed by atoms with Gasteiger partial charge in [0, 0.05) is 5.54 Å². The standard InChI is InChI=1S/C6H7ClO2/c1-2-9-6(8)4-3-5-7/h2-3,5H,1,4H2. The number of carbonyl (C=O) groups is 1. The summed E-state index contributed by atoms with van der Waals surface area (Å²) >= 11 is 5.13. The zero-order valence-corrected chi connectivity index (χ0v) is 5.60. The summed E-state index contributed by atoms with van der Waals surface area (Å²) in [6, 6.07) is 0. The molecule has 0 aromatic heterocycles. The quantitative estimate of drug-likeness (QED) is 0.449. The Labute approximate surface area is 58.8 Å². The van der Waals surface area contributed by atoms with E-state index in [4.69, 9.17) is 11.6 Å². The Kier molecular flexibility index (Phi) is 4.92. The van der Waals surface area contributed by atoms with Crippen molar-refractivity contribution in [3.8, 4) is 0 Å². The first-order chi connectivity index (χ1) is 4.31. The van der Waals surface area contributed by atoms with E-state index in [-0.39, 0.29) is 12.4 Å². The zero-order chi connectivity index (χ0) is 7.11. The molecule has 0 saturated heterocycles. The minimum atomic E-state index is -0.359. The molecule has 50 valence electrons. The van der Waals surface area contributed by atoms with Crippen LogP contribution < -0.4 is 0 Å². The molecule has 0 rings (SSSR count). The van der Waals surface area contributed by atoms with E-state index in [1.807, 2.05) is 0 Å². The highest BCUT2D eigenvalue weighted by Crippen LogP contribution is 1.89. The third-order valence-electron chi connectivity index (χ3n) is 0.588. The van der Waals surface area contributed by atoms with Gasteiger partial charge in [-0.25, -0.2) is 0 Å². The highest BCUT2D eigenvalue weighted by molar-refractivity contribution is 6.25. The van der Waals surface area contributed by atoms with Gasteiger partial charge in [-0.2, -0.15) is 0 Å². The van der Waals surface area contributed by atoms with Gasteiger partial charge in [0.1, 0.15) is 0 Å². The van der Waals surface area contributed by atoms with Crippen LogP contribution in [0.1, 0.15) is 6.42 Å². The Balaban J connectivity index is 3.38. The van der Waals surface area contributed by atoms with Crippen LogP contribution in [0.5, 0.6) is 0 Å². The molecule has 2 nitrogen and oxygen atoms in total. The molecule has 0 unspecified atom stereocenters. The second kappa shape index (κ2) is 5.38. The van der Waals surface area contributed by atoms with Crippen LogP contribution in [0.4, 0.5) is 0 Å². The SMILES string of the molecule is C=COC(=O)CC=CCl. The molecule has 0 fully saturated rings. The molecule has 0 amide bonds. The number of halogens is 1. The molecule has 0 aromatic rings. The predicted octanol–water partition coefficient (Wildman–Crippen LogP) is 1.82. The lowest BCUT2D eigenvalue weighted by Gasteiger charge is -1.90. The first-order valence-corrected chi connectivity index (χ1v) is 2.80. The average molecular weight is 147 g/mol. The van der Waals surface area contributed by atoms with Gasteiger partial charge >= 0.3 is 5.97 Å². The van der Waals surface area contributed by atoms with E-state index < -0.39 is 0 Å². The van der Waals surface area contributed by atoms with E-state index in [1.54, 1.807) is 0 Å². The van der Waals surface area contributed by atoms with Crippen molar-refractivity contribution in [1.29, 1.82) is 0 Å². The second-order valence-electron chi connectivity index (χ2n) is 1.22. The van der Waals surface area contributed by atoms with E-state index >= 15 is 0 Å². The highest BCUT2D eigenvalue weighted by Gasteiger charge is 1.93. The monoisotopic (exact) mass is 146 g/mol. The molecule has 0 spiro atoms. The van der Waals surface area contributed by atoms with Crippen molar-refractivity contribution in [2.24, 2.45) is 0 Å². The summed E-state index contributed by atoms with van der Waals surface area (Å²) in [7, 11) is 0. The van der Waals surface area contributed by atoms with E-state index in [1.165, 1.54) is 11.6 Å². The van der Waals surface area contributed by atoms with Gasteiger partial charge in [-0.3, -0.25) is 4.79 Å². The summed E-state index contributed by atoms with van der Waals surface area (Å²) in [6.07, 6.45) is 2.77. The lowest BCUT2D eigenvalue weighted by molar-refractivity contribution is -0.136. The summed E-state index contributed by atoms with van der Waals surface area (Å²) in [5, 5.41) is 0. The molecule has 0 atom stereocenters. The minimum Gasteiger partial charge on any atom is -0.435 e. The summed E-state index contributed by atoms with van der Waals surface area (Å²) in [5.41, 5.74) is 1.27. The van der Waals surface area contributed by atoms with Crippen molar-refractivity contribution in [2.75, 3.05) is 0 Å². The predicted molar refractivity (Wildman–Crippen MR) is 35.9 cm³/mol. The van der Waals surface area contributed by atoms with Crippen LogP contribution in [0.25, 0.3) is 0 Å². The third kappa shape index (κ3) is 5.11. The molecular formula is C6H7ClO2. The van der Waals surface area contributed by atoms with Gasteiger partial charge in [0.15, 0.2) is 0 Å². The fourth-order valence-corrected chi connectivity index (χ4v) is 0.371. The topological polar surface area (TPSA) is 26.3 Å². The van der Waals surface area contributed by atoms with Crippen molar-refractivity contribution in [3.05, 3.63) is 24.5 Å². The summed E-state index contributed by atoms with van der Waals surface area (Å²) in [6.45, 7) is 3.21. The van der Waals surface area contributed by atoms with Crippen molar-refractivity contribution in [2.45, 2.75) is 6.42 Å². The van der Waals surface area contributed by atoms with E-state index in [0.717, 1.165) is 6.26 Å². The summed E-state index contributed by atoms with van der Waals surface area (Å²) in [4.78, 5) is 10.4. The third-order valence-corrected chi connectivity index (χ3v) is 0.767. The van der Waals surface area contributed by atoms with Gasteiger partial charge in [-0.05, 0) is 0 Å². The van der Waals surface area contributed by atoms with Crippen LogP contribution in [-0.4, -0.2) is 5.97 Å². The van der Waals surface area contributed by atoms with Gasteiger partial charge < -0.3 is 4.74 Å². The Morgan fingerprint density at radius 2 is 2.44 bits per heavy atom. The Morgan fingerprint density at radius 3 is 2.89 bits per heavy atom. The summed E-state index contributed by atoms with van der Waals surface area (Å²) in [5.74, 6) is -0.359. The normalized spacial score (nSPS) is 9.44. The van der Waals surface area contributed by atoms with E-state index in [0.29, 0.717) is 0 Å². The fraction of sp³-hybridized carbons (Fsp3) is 0.167. The molecular weight excluding hydrogens is 140 g/mol. The number of ether oxygens (including phenoxy) is 1. The van der Waals surface area contributed by atoms with Crippen LogP contribution in [0.15, 0.2) is 24.5 Å². The Bertz CT molecular complexity index is 129. The van der Waals surface area contributed by atoms with Crippen molar-refractivity contribution >= 4 is 17.6 Å². The van der Waals surface area contributed by atoms with Crippen molar-refractivity contribution in [1.82, 2.24) is 0 Å². The maximum absolute atomic E-state index is 10.4. The van der Waals surface area contributed by atoms with Gasteiger partial charge in [0.2, 0.25) is 0 Å². The maximum Gasteiger partial charge on any atom is 0.314 e.